The molecule has 152 valence electrons. The van der Waals surface area contributed by atoms with Crippen molar-refractivity contribution in [3.63, 3.8) is 0 Å². The molecule has 0 saturated heterocycles. The Kier molecular flexibility index (Phi) is 7.84. The fraction of sp³-hybridized carbons (Fsp3) is 0.294. The van der Waals surface area contributed by atoms with Crippen LogP contribution in [0.25, 0.3) is 0 Å². The predicted octanol–water partition coefficient (Wildman–Crippen LogP) is 4.75. The van der Waals surface area contributed by atoms with Crippen molar-refractivity contribution in [1.29, 1.82) is 0 Å². The van der Waals surface area contributed by atoms with Gasteiger partial charge < -0.3 is 19.9 Å². The minimum atomic E-state index is -4.48. The van der Waals surface area contributed by atoms with Gasteiger partial charge in [0, 0.05) is 16.9 Å². The highest BCUT2D eigenvalue weighted by molar-refractivity contribution is 8.00. The molecule has 0 unspecified atom stereocenters. The number of amides is 1. The second-order valence-corrected chi connectivity index (χ2v) is 7.63. The van der Waals surface area contributed by atoms with E-state index in [9.17, 15) is 23.1 Å². The summed E-state index contributed by atoms with van der Waals surface area (Å²) >= 11 is 1.00. The number of aromatic hydroxyl groups is 1. The summed E-state index contributed by atoms with van der Waals surface area (Å²) in [5.74, 6) is 0.0302. The van der Waals surface area contributed by atoms with Crippen molar-refractivity contribution < 1.29 is 32.5 Å². The summed E-state index contributed by atoms with van der Waals surface area (Å²) in [5.41, 5.74) is -4.57. The molecular weight excluding hydrogens is 417 g/mol. The van der Waals surface area contributed by atoms with Crippen molar-refractivity contribution in [3.8, 4) is 11.5 Å². The number of methoxy groups -OCH3 is 1. The Bertz CT molecular complexity index is 835. The number of nitrogens with zero attached hydrogens (tertiary/aromatic N) is 1. The summed E-state index contributed by atoms with van der Waals surface area (Å²) in [4.78, 5) is 17.0. The number of carbonyl (C=O) groups is 1. The fourth-order valence-corrected chi connectivity index (χ4v) is 3.44. The van der Waals surface area contributed by atoms with Gasteiger partial charge in [0.25, 0.3) is 5.91 Å². The Morgan fingerprint density at radius 2 is 2.07 bits per heavy atom. The molecule has 1 aromatic carbocycles. The first-order valence-electron chi connectivity index (χ1n) is 7.88. The Balaban J connectivity index is 2.25. The zero-order chi connectivity index (χ0) is 20.7. The molecule has 2 aromatic rings. The third-order valence-corrected chi connectivity index (χ3v) is 4.77. The van der Waals surface area contributed by atoms with Crippen molar-refractivity contribution in [2.24, 2.45) is 0 Å². The average molecular weight is 434 g/mol. The number of alkyl halides is 3. The van der Waals surface area contributed by atoms with Gasteiger partial charge in [0.15, 0.2) is 6.79 Å². The van der Waals surface area contributed by atoms with Crippen molar-refractivity contribution in [2.75, 3.05) is 25.0 Å². The third kappa shape index (κ3) is 6.50. The summed E-state index contributed by atoms with van der Waals surface area (Å²) in [5, 5.41) is 12.3. The Hall–Kier alpha value is -2.11. The number of benzene rings is 1. The lowest BCUT2D eigenvalue weighted by atomic mass is 10.2. The van der Waals surface area contributed by atoms with Gasteiger partial charge in [-0.1, -0.05) is 6.92 Å². The van der Waals surface area contributed by atoms with Crippen LogP contribution in [0.15, 0.2) is 40.3 Å². The largest absolute Gasteiger partial charge is 0.506 e. The van der Waals surface area contributed by atoms with Gasteiger partial charge in [0.1, 0.15) is 17.2 Å². The van der Waals surface area contributed by atoms with Crippen LogP contribution in [0.2, 0.25) is 0 Å². The van der Waals surface area contributed by atoms with E-state index in [2.05, 4.69) is 10.3 Å². The fourth-order valence-electron chi connectivity index (χ4n) is 2.06. The number of anilines is 1. The Labute approximate surface area is 167 Å². The number of rotatable bonds is 8. The van der Waals surface area contributed by atoms with Crippen molar-refractivity contribution in [1.82, 2.24) is 4.98 Å². The number of thioether (sulfide) groups is 2. The van der Waals surface area contributed by atoms with E-state index in [1.807, 2.05) is 6.92 Å². The van der Waals surface area contributed by atoms with E-state index in [1.165, 1.54) is 25.1 Å². The van der Waals surface area contributed by atoms with Gasteiger partial charge in [-0.3, -0.25) is 4.79 Å². The Morgan fingerprint density at radius 1 is 1.32 bits per heavy atom. The number of halogens is 3. The number of pyridine rings is 1. The highest BCUT2D eigenvalue weighted by Crippen LogP contribution is 2.39. The lowest BCUT2D eigenvalue weighted by molar-refractivity contribution is -0.0328. The van der Waals surface area contributed by atoms with Crippen LogP contribution in [-0.4, -0.2) is 41.2 Å². The maximum absolute atomic E-state index is 12.6. The molecule has 0 atom stereocenters. The molecule has 1 aromatic heterocycles. The van der Waals surface area contributed by atoms with E-state index in [-0.39, 0.29) is 40.6 Å². The van der Waals surface area contributed by atoms with Crippen LogP contribution >= 0.6 is 23.5 Å². The zero-order valence-corrected chi connectivity index (χ0v) is 16.5. The van der Waals surface area contributed by atoms with Crippen LogP contribution in [0, 0.1) is 0 Å². The van der Waals surface area contributed by atoms with E-state index in [0.29, 0.717) is 16.4 Å². The molecule has 0 aliphatic carbocycles. The number of hydrogen-bond donors (Lipinski definition) is 2. The highest BCUT2D eigenvalue weighted by atomic mass is 32.2. The number of hydrogen-bond acceptors (Lipinski definition) is 7. The zero-order valence-electron chi connectivity index (χ0n) is 14.9. The molecule has 6 nitrogen and oxygen atoms in total. The van der Waals surface area contributed by atoms with Gasteiger partial charge in [-0.15, -0.1) is 11.8 Å². The molecule has 0 radical (unpaired) electrons. The molecule has 0 spiro atoms. The third-order valence-electron chi connectivity index (χ3n) is 3.14. The summed E-state index contributed by atoms with van der Waals surface area (Å²) in [6.07, 6.45) is 1.34. The maximum atomic E-state index is 12.6. The molecular formula is C17H17F3N2O4S2. The van der Waals surface area contributed by atoms with Crippen LogP contribution in [0.4, 0.5) is 18.9 Å². The van der Waals surface area contributed by atoms with Crippen LogP contribution in [0.3, 0.4) is 0 Å². The first-order valence-corrected chi connectivity index (χ1v) is 9.68. The normalized spacial score (nSPS) is 11.3. The molecule has 11 heteroatoms. The van der Waals surface area contributed by atoms with Crippen LogP contribution in [0.1, 0.15) is 17.4 Å². The van der Waals surface area contributed by atoms with Crippen molar-refractivity contribution in [3.05, 3.63) is 36.2 Å². The SMILES string of the molecule is CCSc1cc(OCOC)cnc1C(=O)Nc1cc(SC(F)(F)F)ccc1O. The molecule has 0 fully saturated rings. The highest BCUT2D eigenvalue weighted by Gasteiger charge is 2.29. The number of ether oxygens (including phenoxy) is 2. The first kappa shape index (κ1) is 22.2. The molecule has 28 heavy (non-hydrogen) atoms. The number of phenols is 1. The standard InChI is InChI=1S/C17H17F3N2O4S2/c1-3-27-14-6-10(26-9-25-2)8-21-15(14)16(24)22-12-7-11(4-5-13(12)23)28-17(18,19)20/h4-8,23H,3,9H2,1-2H3,(H,22,24). The van der Waals surface area contributed by atoms with Gasteiger partial charge in [-0.05, 0) is 41.8 Å². The number of nitrogens with one attached hydrogen (secondary N) is 1. The smallest absolute Gasteiger partial charge is 0.446 e. The van der Waals surface area contributed by atoms with Gasteiger partial charge in [0.2, 0.25) is 0 Å². The molecule has 0 bridgehead atoms. The molecule has 0 saturated carbocycles. The van der Waals surface area contributed by atoms with E-state index < -0.39 is 11.4 Å². The second kappa shape index (κ2) is 9.89. The topological polar surface area (TPSA) is 80.7 Å². The molecule has 2 rings (SSSR count). The van der Waals surface area contributed by atoms with Gasteiger partial charge in [-0.25, -0.2) is 4.98 Å². The summed E-state index contributed by atoms with van der Waals surface area (Å²) in [6, 6.07) is 4.86. The maximum Gasteiger partial charge on any atom is 0.446 e. The number of aromatic nitrogens is 1. The van der Waals surface area contributed by atoms with E-state index in [1.54, 1.807) is 6.07 Å². The summed E-state index contributed by atoms with van der Waals surface area (Å²) < 4.78 is 47.7. The molecule has 2 N–H and O–H groups in total. The quantitative estimate of drug-likeness (QED) is 0.353. The van der Waals surface area contributed by atoms with Crippen molar-refractivity contribution >= 4 is 35.1 Å². The molecule has 1 amide bonds. The summed E-state index contributed by atoms with van der Waals surface area (Å²) in [7, 11) is 1.47. The van der Waals surface area contributed by atoms with E-state index in [0.717, 1.165) is 18.2 Å². The first-order chi connectivity index (χ1) is 13.2. The summed E-state index contributed by atoms with van der Waals surface area (Å²) in [6.45, 7) is 1.90. The van der Waals surface area contributed by atoms with Gasteiger partial charge >= 0.3 is 5.51 Å². The lowest BCUT2D eigenvalue weighted by Gasteiger charge is -2.13. The molecule has 0 aliphatic rings. The Morgan fingerprint density at radius 3 is 2.71 bits per heavy atom. The average Bonchev–Trinajstić information content (AvgIpc) is 2.62. The monoisotopic (exact) mass is 434 g/mol. The second-order valence-electron chi connectivity index (χ2n) is 5.18. The molecule has 1 heterocycles. The van der Waals surface area contributed by atoms with Gasteiger partial charge in [-0.2, -0.15) is 13.2 Å². The van der Waals surface area contributed by atoms with Crippen LogP contribution in [0.5, 0.6) is 11.5 Å². The van der Waals surface area contributed by atoms with Crippen LogP contribution in [-0.2, 0) is 4.74 Å². The van der Waals surface area contributed by atoms with Crippen molar-refractivity contribution in [2.45, 2.75) is 22.2 Å². The number of carbonyl (C=O) groups excluding carboxylic acids is 1. The minimum absolute atomic E-state index is 0.0149. The van der Waals surface area contributed by atoms with Gasteiger partial charge in [0.05, 0.1) is 11.9 Å². The van der Waals surface area contributed by atoms with Crippen LogP contribution < -0.4 is 10.1 Å². The van der Waals surface area contributed by atoms with E-state index in [4.69, 9.17) is 9.47 Å². The van der Waals surface area contributed by atoms with E-state index >= 15 is 0 Å². The predicted molar refractivity (Wildman–Crippen MR) is 101 cm³/mol. The lowest BCUT2D eigenvalue weighted by Crippen LogP contribution is -2.15. The molecule has 0 aliphatic heterocycles. The number of phenolic OH excluding ortho intramolecular Hbond substituents is 1. The minimum Gasteiger partial charge on any atom is -0.506 e.